The third kappa shape index (κ3) is 7.00. The van der Waals surface area contributed by atoms with Gasteiger partial charge in [0.15, 0.2) is 6.10 Å². The number of ether oxygens (including phenoxy) is 1. The largest absolute Gasteiger partial charge is 0.458 e. The van der Waals surface area contributed by atoms with Gasteiger partial charge in [-0.25, -0.2) is 4.79 Å². The summed E-state index contributed by atoms with van der Waals surface area (Å²) in [6.45, 7) is 5.04. The number of nitrogens with two attached hydrogens (primary N) is 1. The molecule has 0 aromatic heterocycles. The van der Waals surface area contributed by atoms with Gasteiger partial charge >= 0.3 is 12.1 Å². The molecular formula is C16H22F3NO3. The fourth-order valence-electron chi connectivity index (χ4n) is 1.97. The molecule has 3 N–H and O–H groups in total. The molecular weight excluding hydrogens is 311 g/mol. The van der Waals surface area contributed by atoms with Crippen LogP contribution in [0.4, 0.5) is 13.2 Å². The van der Waals surface area contributed by atoms with Gasteiger partial charge in [-0.1, -0.05) is 12.1 Å². The van der Waals surface area contributed by atoms with Gasteiger partial charge in [-0.2, -0.15) is 13.2 Å². The van der Waals surface area contributed by atoms with Gasteiger partial charge in [0, 0.05) is 6.04 Å². The first-order chi connectivity index (χ1) is 10.4. The summed E-state index contributed by atoms with van der Waals surface area (Å²) in [6.07, 6.45) is -5.53. The first-order valence-electron chi connectivity index (χ1n) is 7.21. The van der Waals surface area contributed by atoms with E-state index < -0.39 is 35.5 Å². The van der Waals surface area contributed by atoms with Crippen LogP contribution in [-0.4, -0.2) is 28.8 Å². The summed E-state index contributed by atoms with van der Waals surface area (Å²) in [5.74, 6) is -0.764. The number of rotatable bonds is 5. The quantitative estimate of drug-likeness (QED) is 0.813. The van der Waals surface area contributed by atoms with Gasteiger partial charge in [0.25, 0.3) is 0 Å². The molecule has 0 unspecified atom stereocenters. The predicted molar refractivity (Wildman–Crippen MR) is 79.6 cm³/mol. The molecule has 0 heterocycles. The summed E-state index contributed by atoms with van der Waals surface area (Å²) in [6, 6.07) is 4.05. The highest BCUT2D eigenvalue weighted by Crippen LogP contribution is 2.29. The van der Waals surface area contributed by atoms with Crippen LogP contribution >= 0.6 is 0 Å². The van der Waals surface area contributed by atoms with Crippen molar-refractivity contribution >= 4 is 5.97 Å². The highest BCUT2D eigenvalue weighted by Gasteiger charge is 2.30. The Morgan fingerprint density at radius 1 is 1.22 bits per heavy atom. The van der Waals surface area contributed by atoms with Crippen molar-refractivity contribution in [3.63, 3.8) is 0 Å². The fraction of sp³-hybridized carbons (Fsp3) is 0.562. The minimum atomic E-state index is -4.38. The van der Waals surface area contributed by atoms with Gasteiger partial charge in [-0.3, -0.25) is 0 Å². The number of aliphatic hydroxyl groups is 1. The second-order valence-electron chi connectivity index (χ2n) is 6.44. The summed E-state index contributed by atoms with van der Waals surface area (Å²) < 4.78 is 42.4. The van der Waals surface area contributed by atoms with Gasteiger partial charge in [0.05, 0.1) is 5.56 Å². The molecule has 2 atom stereocenters. The number of aliphatic hydroxyl groups excluding tert-OH is 1. The van der Waals surface area contributed by atoms with Crippen LogP contribution in [0.15, 0.2) is 24.3 Å². The molecule has 1 rings (SSSR count). The van der Waals surface area contributed by atoms with Gasteiger partial charge < -0.3 is 15.6 Å². The molecule has 1 aromatic rings. The van der Waals surface area contributed by atoms with E-state index in [2.05, 4.69) is 0 Å². The van der Waals surface area contributed by atoms with E-state index in [9.17, 15) is 23.1 Å². The lowest BCUT2D eigenvalue weighted by atomic mass is 10.00. The lowest BCUT2D eigenvalue weighted by molar-refractivity contribution is -0.165. The monoisotopic (exact) mass is 333 g/mol. The Kier molecular flexibility index (Phi) is 6.18. The third-order valence-corrected chi connectivity index (χ3v) is 2.98. The van der Waals surface area contributed by atoms with Crippen molar-refractivity contribution in [1.29, 1.82) is 0 Å². The van der Waals surface area contributed by atoms with Crippen LogP contribution < -0.4 is 5.73 Å². The first-order valence-corrected chi connectivity index (χ1v) is 7.21. The molecule has 0 spiro atoms. The summed E-state index contributed by atoms with van der Waals surface area (Å²) in [4.78, 5) is 11.6. The number of carbonyl (C=O) groups excluding carboxylic acids is 1. The van der Waals surface area contributed by atoms with Crippen LogP contribution in [0.3, 0.4) is 0 Å². The van der Waals surface area contributed by atoms with Crippen LogP contribution in [0.25, 0.3) is 0 Å². The summed E-state index contributed by atoms with van der Waals surface area (Å²) in [5.41, 5.74) is 5.00. The van der Waals surface area contributed by atoms with Crippen molar-refractivity contribution in [3.8, 4) is 0 Å². The minimum Gasteiger partial charge on any atom is -0.458 e. The Labute approximate surface area is 133 Å². The number of halogens is 3. The second-order valence-corrected chi connectivity index (χ2v) is 6.44. The zero-order valence-electron chi connectivity index (χ0n) is 13.4. The van der Waals surface area contributed by atoms with Crippen molar-refractivity contribution in [2.45, 2.75) is 57.5 Å². The average Bonchev–Trinajstić information content (AvgIpc) is 2.35. The number of benzene rings is 1. The van der Waals surface area contributed by atoms with Gasteiger partial charge in [0.1, 0.15) is 5.60 Å². The maximum Gasteiger partial charge on any atom is 0.416 e. The molecule has 0 aliphatic carbocycles. The smallest absolute Gasteiger partial charge is 0.416 e. The second kappa shape index (κ2) is 7.31. The summed E-state index contributed by atoms with van der Waals surface area (Å²) in [7, 11) is 0. The standard InChI is InChI=1S/C16H22F3NO3/c1-15(2,3)23-14(22)13(21)9-12(20)8-10-4-6-11(7-5-10)16(17,18)19/h4-7,12-13,21H,8-9,20H2,1-3H3/t12-,13-/m0/s1. The van der Waals surface area contributed by atoms with Crippen molar-refractivity contribution < 1.29 is 27.8 Å². The Bertz CT molecular complexity index is 521. The molecule has 0 saturated carbocycles. The van der Waals surface area contributed by atoms with E-state index in [4.69, 9.17) is 10.5 Å². The maximum absolute atomic E-state index is 12.5. The zero-order valence-corrected chi connectivity index (χ0v) is 13.4. The summed E-state index contributed by atoms with van der Waals surface area (Å²) in [5, 5.41) is 9.78. The van der Waals surface area contributed by atoms with Crippen LogP contribution in [-0.2, 0) is 22.1 Å². The Morgan fingerprint density at radius 3 is 2.17 bits per heavy atom. The summed E-state index contributed by atoms with van der Waals surface area (Å²) >= 11 is 0. The molecule has 4 nitrogen and oxygen atoms in total. The Hall–Kier alpha value is -1.60. The number of esters is 1. The van der Waals surface area contributed by atoms with Gasteiger partial charge in [0.2, 0.25) is 0 Å². The Balaban J connectivity index is 2.56. The molecule has 0 amide bonds. The molecule has 0 radical (unpaired) electrons. The molecule has 0 bridgehead atoms. The SMILES string of the molecule is CC(C)(C)OC(=O)[C@@H](O)C[C@@H](N)Cc1ccc(C(F)(F)F)cc1. The first kappa shape index (κ1) is 19.4. The topological polar surface area (TPSA) is 72.5 Å². The molecule has 130 valence electrons. The van der Waals surface area contributed by atoms with E-state index in [0.29, 0.717) is 5.56 Å². The predicted octanol–water partition coefficient (Wildman–Crippen LogP) is 2.67. The number of hydrogen-bond donors (Lipinski definition) is 2. The van der Waals surface area contributed by atoms with E-state index in [1.165, 1.54) is 12.1 Å². The van der Waals surface area contributed by atoms with E-state index in [0.717, 1.165) is 12.1 Å². The van der Waals surface area contributed by atoms with E-state index in [-0.39, 0.29) is 12.8 Å². The van der Waals surface area contributed by atoms with Crippen LogP contribution in [0.5, 0.6) is 0 Å². The van der Waals surface area contributed by atoms with Crippen molar-refractivity contribution in [2.24, 2.45) is 5.73 Å². The maximum atomic E-state index is 12.5. The highest BCUT2D eigenvalue weighted by molar-refractivity contribution is 5.74. The number of hydrogen-bond acceptors (Lipinski definition) is 4. The zero-order chi connectivity index (χ0) is 17.8. The lowest BCUT2D eigenvalue weighted by Crippen LogP contribution is -2.36. The fourth-order valence-corrected chi connectivity index (χ4v) is 1.97. The molecule has 0 aliphatic heterocycles. The molecule has 23 heavy (non-hydrogen) atoms. The van der Waals surface area contributed by atoms with Crippen molar-refractivity contribution in [1.82, 2.24) is 0 Å². The molecule has 0 aliphatic rings. The molecule has 7 heteroatoms. The van der Waals surface area contributed by atoms with Gasteiger partial charge in [-0.05, 0) is 51.3 Å². The normalized spacial score (nSPS) is 15.1. The molecule has 0 saturated heterocycles. The van der Waals surface area contributed by atoms with Crippen LogP contribution in [0, 0.1) is 0 Å². The van der Waals surface area contributed by atoms with Crippen LogP contribution in [0.2, 0.25) is 0 Å². The third-order valence-electron chi connectivity index (χ3n) is 2.98. The average molecular weight is 333 g/mol. The van der Waals surface area contributed by atoms with Gasteiger partial charge in [-0.15, -0.1) is 0 Å². The van der Waals surface area contributed by atoms with Crippen LogP contribution in [0.1, 0.15) is 38.3 Å². The highest BCUT2D eigenvalue weighted by atomic mass is 19.4. The van der Waals surface area contributed by atoms with E-state index in [1.807, 2.05) is 0 Å². The van der Waals surface area contributed by atoms with Crippen molar-refractivity contribution in [2.75, 3.05) is 0 Å². The van der Waals surface area contributed by atoms with E-state index >= 15 is 0 Å². The Morgan fingerprint density at radius 2 is 1.74 bits per heavy atom. The molecule has 0 fully saturated rings. The minimum absolute atomic E-state index is 0.0318. The van der Waals surface area contributed by atoms with E-state index in [1.54, 1.807) is 20.8 Å². The lowest BCUT2D eigenvalue weighted by Gasteiger charge is -2.23. The molecule has 1 aromatic carbocycles. The number of alkyl halides is 3. The van der Waals surface area contributed by atoms with Crippen molar-refractivity contribution in [3.05, 3.63) is 35.4 Å². The number of carbonyl (C=O) groups is 1.